The molecule has 1 heterocycles. The summed E-state index contributed by atoms with van der Waals surface area (Å²) in [6, 6.07) is 8.42. The summed E-state index contributed by atoms with van der Waals surface area (Å²) in [5, 5.41) is 3.37. The van der Waals surface area contributed by atoms with E-state index < -0.39 is 6.29 Å². The zero-order valence-corrected chi connectivity index (χ0v) is 11.3. The largest absolute Gasteiger partial charge is 0.354 e. The number of amides is 1. The molecule has 2 aromatic rings. The molecule has 0 radical (unpaired) electrons. The molecule has 0 saturated heterocycles. The first-order valence-electron chi connectivity index (χ1n) is 6.11. The molecule has 0 unspecified atom stereocenters. The Morgan fingerprint density at radius 1 is 1.30 bits per heavy atom. The number of aromatic nitrogens is 1. The number of rotatable bonds is 5. The maximum absolute atomic E-state index is 12.2. The van der Waals surface area contributed by atoms with Crippen LogP contribution in [-0.2, 0) is 9.47 Å². The van der Waals surface area contributed by atoms with Gasteiger partial charge in [0.05, 0.1) is 12.1 Å². The number of carbonyl (C=O) groups is 1. The lowest BCUT2D eigenvalue weighted by Gasteiger charge is -2.14. The van der Waals surface area contributed by atoms with E-state index in [-0.39, 0.29) is 18.0 Å². The lowest BCUT2D eigenvalue weighted by molar-refractivity contribution is -0.0974. The van der Waals surface area contributed by atoms with Gasteiger partial charge in [0, 0.05) is 31.2 Å². The van der Waals surface area contributed by atoms with Crippen LogP contribution in [0.5, 0.6) is 0 Å². The van der Waals surface area contributed by atoms with Gasteiger partial charge in [-0.2, -0.15) is 0 Å². The highest BCUT2D eigenvalue weighted by atomic mass is 16.7. The smallest absolute Gasteiger partial charge is 0.252 e. The Hall–Kier alpha value is -2.18. The van der Waals surface area contributed by atoms with E-state index in [2.05, 4.69) is 10.3 Å². The Labute approximate surface area is 115 Å². The second-order valence-electron chi connectivity index (χ2n) is 4.20. The maximum atomic E-state index is 12.2. The fraction of sp³-hybridized carbons (Fsp3) is 0.286. The summed E-state index contributed by atoms with van der Waals surface area (Å²) in [5.41, 5.74) is 0.638. The van der Waals surface area contributed by atoms with Crippen LogP contribution in [0.1, 0.15) is 10.4 Å². The third kappa shape index (κ3) is 3.04. The molecular formula is C14H16N2O4. The third-order valence-corrected chi connectivity index (χ3v) is 2.95. The van der Waals surface area contributed by atoms with E-state index in [1.165, 1.54) is 20.3 Å². The van der Waals surface area contributed by atoms with Crippen molar-refractivity contribution in [1.29, 1.82) is 0 Å². The van der Waals surface area contributed by atoms with Gasteiger partial charge in [-0.15, -0.1) is 0 Å². The molecule has 1 aromatic heterocycles. The SMILES string of the molecule is COC(CNC(=O)c1cc(=O)[nH]c2ccccc12)OC. The molecule has 0 fully saturated rings. The number of pyridine rings is 1. The van der Waals surface area contributed by atoms with Crippen LogP contribution in [-0.4, -0.2) is 37.9 Å². The number of ether oxygens (including phenoxy) is 2. The van der Waals surface area contributed by atoms with Gasteiger partial charge >= 0.3 is 0 Å². The van der Waals surface area contributed by atoms with Gasteiger partial charge in [-0.1, -0.05) is 18.2 Å². The fourth-order valence-corrected chi connectivity index (χ4v) is 1.93. The van der Waals surface area contributed by atoms with Gasteiger partial charge in [0.2, 0.25) is 5.56 Å². The van der Waals surface area contributed by atoms with Crippen molar-refractivity contribution in [3.63, 3.8) is 0 Å². The molecule has 0 spiro atoms. The molecule has 6 heteroatoms. The highest BCUT2D eigenvalue weighted by Gasteiger charge is 2.13. The van der Waals surface area contributed by atoms with Crippen molar-refractivity contribution in [2.75, 3.05) is 20.8 Å². The zero-order chi connectivity index (χ0) is 14.5. The van der Waals surface area contributed by atoms with Crippen molar-refractivity contribution in [3.05, 3.63) is 46.2 Å². The summed E-state index contributed by atoms with van der Waals surface area (Å²) in [5.74, 6) is -0.341. The normalized spacial score (nSPS) is 10.9. The van der Waals surface area contributed by atoms with Crippen molar-refractivity contribution in [1.82, 2.24) is 10.3 Å². The molecule has 0 aliphatic heterocycles. The number of benzene rings is 1. The summed E-state index contributed by atoms with van der Waals surface area (Å²) >= 11 is 0. The summed E-state index contributed by atoms with van der Waals surface area (Å²) in [6.45, 7) is 0.201. The van der Waals surface area contributed by atoms with E-state index in [1.54, 1.807) is 18.2 Å². The van der Waals surface area contributed by atoms with Crippen molar-refractivity contribution < 1.29 is 14.3 Å². The Bertz CT molecular complexity index is 662. The van der Waals surface area contributed by atoms with Crippen LogP contribution < -0.4 is 10.9 Å². The number of aromatic amines is 1. The summed E-state index contributed by atoms with van der Waals surface area (Å²) in [7, 11) is 2.98. The molecule has 0 bridgehead atoms. The van der Waals surface area contributed by atoms with Crippen LogP contribution in [0.2, 0.25) is 0 Å². The Kier molecular flexibility index (Phi) is 4.49. The molecule has 2 N–H and O–H groups in total. The summed E-state index contributed by atoms with van der Waals surface area (Å²) in [6.07, 6.45) is -0.521. The number of methoxy groups -OCH3 is 2. The molecular weight excluding hydrogens is 260 g/mol. The zero-order valence-electron chi connectivity index (χ0n) is 11.3. The average molecular weight is 276 g/mol. The van der Waals surface area contributed by atoms with Crippen molar-refractivity contribution in [2.24, 2.45) is 0 Å². The molecule has 0 atom stereocenters. The molecule has 6 nitrogen and oxygen atoms in total. The van der Waals surface area contributed by atoms with Crippen LogP contribution >= 0.6 is 0 Å². The number of carbonyl (C=O) groups excluding carboxylic acids is 1. The first-order chi connectivity index (χ1) is 9.65. The van der Waals surface area contributed by atoms with Crippen LogP contribution in [0.3, 0.4) is 0 Å². The van der Waals surface area contributed by atoms with Gasteiger partial charge in [0.25, 0.3) is 5.91 Å². The van der Waals surface area contributed by atoms with E-state index in [4.69, 9.17) is 9.47 Å². The van der Waals surface area contributed by atoms with E-state index in [0.29, 0.717) is 16.5 Å². The number of para-hydroxylation sites is 1. The van der Waals surface area contributed by atoms with E-state index >= 15 is 0 Å². The summed E-state index contributed by atoms with van der Waals surface area (Å²) in [4.78, 5) is 26.4. The number of hydrogen-bond donors (Lipinski definition) is 2. The second-order valence-corrected chi connectivity index (χ2v) is 4.20. The van der Waals surface area contributed by atoms with E-state index in [0.717, 1.165) is 0 Å². The fourth-order valence-electron chi connectivity index (χ4n) is 1.93. The van der Waals surface area contributed by atoms with Gasteiger partial charge in [-0.3, -0.25) is 9.59 Å². The van der Waals surface area contributed by atoms with Gasteiger partial charge in [0.1, 0.15) is 0 Å². The van der Waals surface area contributed by atoms with Gasteiger partial charge in [0.15, 0.2) is 6.29 Å². The highest BCUT2D eigenvalue weighted by Crippen LogP contribution is 2.14. The van der Waals surface area contributed by atoms with Gasteiger partial charge in [-0.25, -0.2) is 0 Å². The van der Waals surface area contributed by atoms with Crippen LogP contribution in [0.25, 0.3) is 10.9 Å². The van der Waals surface area contributed by atoms with Crippen LogP contribution in [0.15, 0.2) is 35.1 Å². The molecule has 20 heavy (non-hydrogen) atoms. The van der Waals surface area contributed by atoms with E-state index in [1.807, 2.05) is 6.07 Å². The van der Waals surface area contributed by atoms with Crippen molar-refractivity contribution in [3.8, 4) is 0 Å². The predicted octanol–water partition coefficient (Wildman–Crippen LogP) is 0.877. The predicted molar refractivity (Wildman–Crippen MR) is 74.7 cm³/mol. The lowest BCUT2D eigenvalue weighted by atomic mass is 10.1. The van der Waals surface area contributed by atoms with Crippen molar-refractivity contribution in [2.45, 2.75) is 6.29 Å². The highest BCUT2D eigenvalue weighted by molar-refractivity contribution is 6.05. The van der Waals surface area contributed by atoms with E-state index in [9.17, 15) is 9.59 Å². The number of fused-ring (bicyclic) bond motifs is 1. The molecule has 0 aliphatic rings. The molecule has 1 aromatic carbocycles. The number of nitrogens with one attached hydrogen (secondary N) is 2. The first kappa shape index (κ1) is 14.2. The maximum Gasteiger partial charge on any atom is 0.252 e. The Morgan fingerprint density at radius 3 is 2.70 bits per heavy atom. The minimum atomic E-state index is -0.521. The van der Waals surface area contributed by atoms with Crippen LogP contribution in [0, 0.1) is 0 Å². The lowest BCUT2D eigenvalue weighted by Crippen LogP contribution is -2.34. The summed E-state index contributed by atoms with van der Waals surface area (Å²) < 4.78 is 9.98. The molecule has 2 rings (SSSR count). The standard InChI is InChI=1S/C14H16N2O4/c1-19-13(20-2)8-15-14(18)10-7-12(17)16-11-6-4-3-5-9(10)11/h3-7,13H,8H2,1-2H3,(H,15,18)(H,16,17). The number of H-pyrrole nitrogens is 1. The molecule has 1 amide bonds. The van der Waals surface area contributed by atoms with Crippen molar-refractivity contribution >= 4 is 16.8 Å². The van der Waals surface area contributed by atoms with Crippen LogP contribution in [0.4, 0.5) is 0 Å². The Balaban J connectivity index is 2.28. The molecule has 0 aliphatic carbocycles. The second kappa shape index (κ2) is 6.31. The van der Waals surface area contributed by atoms with Gasteiger partial charge < -0.3 is 19.8 Å². The molecule has 106 valence electrons. The minimum absolute atomic E-state index is 0.201. The quantitative estimate of drug-likeness (QED) is 0.794. The Morgan fingerprint density at radius 2 is 2.00 bits per heavy atom. The first-order valence-corrected chi connectivity index (χ1v) is 6.11. The van der Waals surface area contributed by atoms with Gasteiger partial charge in [-0.05, 0) is 6.07 Å². The minimum Gasteiger partial charge on any atom is -0.354 e. The average Bonchev–Trinajstić information content (AvgIpc) is 2.47. The topological polar surface area (TPSA) is 80.4 Å². The third-order valence-electron chi connectivity index (χ3n) is 2.95. The molecule has 0 saturated carbocycles. The number of hydrogen-bond acceptors (Lipinski definition) is 4. The monoisotopic (exact) mass is 276 g/mol.